The summed E-state index contributed by atoms with van der Waals surface area (Å²) in [4.78, 5) is 13.3. The number of carboxylic acids is 1. The number of aryl methyl sites for hydroxylation is 2. The van der Waals surface area contributed by atoms with Crippen LogP contribution >= 0.6 is 11.3 Å². The molecule has 100 valence electrons. The highest BCUT2D eigenvalue weighted by Gasteiger charge is 2.11. The molecule has 0 fully saturated rings. The molecule has 19 heavy (non-hydrogen) atoms. The van der Waals surface area contributed by atoms with E-state index in [-0.39, 0.29) is 5.56 Å². The van der Waals surface area contributed by atoms with Gasteiger partial charge in [0, 0.05) is 22.0 Å². The van der Waals surface area contributed by atoms with E-state index in [2.05, 4.69) is 11.4 Å². The Kier molecular flexibility index (Phi) is 3.85. The van der Waals surface area contributed by atoms with Crippen LogP contribution in [0.1, 0.15) is 25.7 Å². The molecule has 1 heterocycles. The minimum Gasteiger partial charge on any atom is -0.478 e. The van der Waals surface area contributed by atoms with Crippen LogP contribution in [-0.2, 0) is 6.54 Å². The monoisotopic (exact) mass is 279 g/mol. The average Bonchev–Trinajstić information content (AvgIpc) is 2.66. The zero-order chi connectivity index (χ0) is 14.0. The molecule has 0 saturated carbocycles. The van der Waals surface area contributed by atoms with Crippen molar-refractivity contribution in [2.45, 2.75) is 20.4 Å². The molecule has 0 bridgehead atoms. The lowest BCUT2D eigenvalue weighted by Gasteiger charge is -2.07. The largest absolute Gasteiger partial charge is 0.478 e. The van der Waals surface area contributed by atoms with Crippen molar-refractivity contribution < 1.29 is 14.3 Å². The molecule has 0 unspecified atom stereocenters. The number of rotatable bonds is 4. The zero-order valence-electron chi connectivity index (χ0n) is 10.7. The average molecular weight is 279 g/mol. The van der Waals surface area contributed by atoms with E-state index in [0.29, 0.717) is 12.2 Å². The van der Waals surface area contributed by atoms with Crippen LogP contribution in [0.15, 0.2) is 24.3 Å². The van der Waals surface area contributed by atoms with Gasteiger partial charge in [-0.25, -0.2) is 9.18 Å². The molecular formula is C14H14FNO2S. The molecule has 2 rings (SSSR count). The number of nitrogens with one attached hydrogen (secondary N) is 1. The van der Waals surface area contributed by atoms with Crippen molar-refractivity contribution in [2.24, 2.45) is 0 Å². The predicted molar refractivity (Wildman–Crippen MR) is 74.5 cm³/mol. The molecule has 2 aromatic rings. The fraction of sp³-hybridized carbons (Fsp3) is 0.214. The zero-order valence-corrected chi connectivity index (χ0v) is 11.5. The molecular weight excluding hydrogens is 265 g/mol. The number of carboxylic acid groups (broad SMARTS) is 1. The van der Waals surface area contributed by atoms with E-state index in [9.17, 15) is 9.18 Å². The predicted octanol–water partition coefficient (Wildman–Crippen LogP) is 3.81. The second kappa shape index (κ2) is 5.40. The van der Waals surface area contributed by atoms with Gasteiger partial charge in [-0.1, -0.05) is 0 Å². The Morgan fingerprint density at radius 1 is 1.37 bits per heavy atom. The van der Waals surface area contributed by atoms with Gasteiger partial charge in [0.1, 0.15) is 5.82 Å². The normalized spacial score (nSPS) is 10.5. The minimum atomic E-state index is -1.26. The first-order valence-corrected chi connectivity index (χ1v) is 6.61. The highest BCUT2D eigenvalue weighted by molar-refractivity contribution is 7.12. The first-order chi connectivity index (χ1) is 8.97. The molecule has 0 saturated heterocycles. The number of aromatic carboxylic acids is 1. The molecule has 0 amide bonds. The summed E-state index contributed by atoms with van der Waals surface area (Å²) in [5.74, 6) is -1.98. The maximum atomic E-state index is 13.2. The lowest BCUT2D eigenvalue weighted by Crippen LogP contribution is -2.04. The molecule has 0 radical (unpaired) electrons. The third kappa shape index (κ3) is 3.12. The Morgan fingerprint density at radius 3 is 2.68 bits per heavy atom. The third-order valence-electron chi connectivity index (χ3n) is 2.82. The molecule has 0 spiro atoms. The first-order valence-electron chi connectivity index (χ1n) is 5.80. The van der Waals surface area contributed by atoms with Gasteiger partial charge in [0.2, 0.25) is 0 Å². The number of thiophene rings is 1. The van der Waals surface area contributed by atoms with Crippen molar-refractivity contribution in [1.82, 2.24) is 0 Å². The van der Waals surface area contributed by atoms with Crippen LogP contribution in [-0.4, -0.2) is 11.1 Å². The number of benzene rings is 1. The topological polar surface area (TPSA) is 49.3 Å². The number of anilines is 1. The van der Waals surface area contributed by atoms with Crippen molar-refractivity contribution in [3.8, 4) is 0 Å². The molecule has 2 N–H and O–H groups in total. The van der Waals surface area contributed by atoms with Crippen LogP contribution < -0.4 is 5.32 Å². The third-order valence-corrected chi connectivity index (χ3v) is 3.83. The summed E-state index contributed by atoms with van der Waals surface area (Å²) in [6.07, 6.45) is 0. The molecule has 3 nitrogen and oxygen atoms in total. The van der Waals surface area contributed by atoms with Crippen molar-refractivity contribution in [1.29, 1.82) is 0 Å². The lowest BCUT2D eigenvalue weighted by atomic mass is 10.2. The Labute approximate surface area is 114 Å². The fourth-order valence-electron chi connectivity index (χ4n) is 1.86. The molecule has 5 heteroatoms. The van der Waals surface area contributed by atoms with Gasteiger partial charge in [0.15, 0.2) is 0 Å². The molecule has 0 atom stereocenters. The number of hydrogen-bond acceptors (Lipinski definition) is 3. The van der Waals surface area contributed by atoms with Crippen LogP contribution in [0.25, 0.3) is 0 Å². The van der Waals surface area contributed by atoms with Gasteiger partial charge >= 0.3 is 5.97 Å². The second-order valence-corrected chi connectivity index (χ2v) is 5.75. The molecule has 1 aromatic heterocycles. The van der Waals surface area contributed by atoms with E-state index in [1.807, 2.05) is 13.8 Å². The highest BCUT2D eigenvalue weighted by Crippen LogP contribution is 2.22. The van der Waals surface area contributed by atoms with Crippen molar-refractivity contribution in [3.63, 3.8) is 0 Å². The van der Waals surface area contributed by atoms with Crippen LogP contribution in [0.2, 0.25) is 0 Å². The van der Waals surface area contributed by atoms with Crippen molar-refractivity contribution in [2.75, 3.05) is 5.32 Å². The summed E-state index contributed by atoms with van der Waals surface area (Å²) in [6.45, 7) is 4.68. The van der Waals surface area contributed by atoms with E-state index in [1.54, 1.807) is 11.3 Å². The Balaban J connectivity index is 2.14. The molecule has 0 aliphatic heterocycles. The first kappa shape index (κ1) is 13.5. The van der Waals surface area contributed by atoms with Crippen LogP contribution in [0.5, 0.6) is 0 Å². The van der Waals surface area contributed by atoms with Gasteiger partial charge in [-0.3, -0.25) is 0 Å². The summed E-state index contributed by atoms with van der Waals surface area (Å²) in [5.41, 5.74) is 1.45. The van der Waals surface area contributed by atoms with E-state index < -0.39 is 11.8 Å². The fourth-order valence-corrected chi connectivity index (χ4v) is 2.80. The summed E-state index contributed by atoms with van der Waals surface area (Å²) in [6, 6.07) is 6.11. The Morgan fingerprint density at radius 2 is 2.11 bits per heavy atom. The van der Waals surface area contributed by atoms with Crippen molar-refractivity contribution >= 4 is 23.0 Å². The van der Waals surface area contributed by atoms with Gasteiger partial charge in [0.05, 0.1) is 5.56 Å². The Bertz CT molecular complexity index is 622. The summed E-state index contributed by atoms with van der Waals surface area (Å²) in [5, 5.41) is 12.0. The van der Waals surface area contributed by atoms with Gasteiger partial charge < -0.3 is 10.4 Å². The highest BCUT2D eigenvalue weighted by atomic mass is 32.1. The molecule has 1 aromatic carbocycles. The maximum absolute atomic E-state index is 13.2. The quantitative estimate of drug-likeness (QED) is 0.894. The molecule has 0 aliphatic carbocycles. The summed E-state index contributed by atoms with van der Waals surface area (Å²) >= 11 is 1.72. The van der Waals surface area contributed by atoms with Crippen LogP contribution in [0, 0.1) is 19.7 Å². The number of carbonyl (C=O) groups is 1. The maximum Gasteiger partial charge on any atom is 0.338 e. The molecule has 0 aliphatic rings. The number of halogens is 1. The summed E-state index contributed by atoms with van der Waals surface area (Å²) in [7, 11) is 0. The van der Waals surface area contributed by atoms with Gasteiger partial charge in [-0.05, 0) is 43.7 Å². The van der Waals surface area contributed by atoms with Gasteiger partial charge in [0.25, 0.3) is 0 Å². The lowest BCUT2D eigenvalue weighted by molar-refractivity contribution is 0.0692. The second-order valence-electron chi connectivity index (χ2n) is 4.29. The summed E-state index contributed by atoms with van der Waals surface area (Å²) < 4.78 is 13.2. The van der Waals surface area contributed by atoms with Crippen LogP contribution in [0.4, 0.5) is 10.1 Å². The standard InChI is InChI=1S/C14H14FNO2S/c1-8-5-10(9(2)19-8)7-16-11-3-4-13(15)12(6-11)14(17)18/h3-6,16H,7H2,1-2H3,(H,17,18). The van der Waals surface area contributed by atoms with Gasteiger partial charge in [-0.15, -0.1) is 11.3 Å². The SMILES string of the molecule is Cc1cc(CNc2ccc(F)c(C(=O)O)c2)c(C)s1. The van der Waals surface area contributed by atoms with E-state index in [0.717, 1.165) is 6.07 Å². The Hall–Kier alpha value is -1.88. The minimum absolute atomic E-state index is 0.316. The van der Waals surface area contributed by atoms with E-state index in [4.69, 9.17) is 5.11 Å². The number of hydrogen-bond donors (Lipinski definition) is 2. The van der Waals surface area contributed by atoms with Crippen LogP contribution in [0.3, 0.4) is 0 Å². The van der Waals surface area contributed by atoms with E-state index in [1.165, 1.54) is 27.5 Å². The van der Waals surface area contributed by atoms with E-state index >= 15 is 0 Å². The van der Waals surface area contributed by atoms with Crippen molar-refractivity contribution in [3.05, 3.63) is 51.0 Å². The smallest absolute Gasteiger partial charge is 0.338 e. The van der Waals surface area contributed by atoms with Gasteiger partial charge in [-0.2, -0.15) is 0 Å².